The van der Waals surface area contributed by atoms with Crippen LogP contribution in [0.15, 0.2) is 24.4 Å². The lowest BCUT2D eigenvalue weighted by molar-refractivity contribution is -0.137. The third-order valence-corrected chi connectivity index (χ3v) is 3.69. The Labute approximate surface area is 121 Å². The molecule has 1 heterocycles. The number of anilines is 1. The number of hydrogen-bond donors (Lipinski definition) is 1. The number of rotatable bonds is 3. The molecule has 0 radical (unpaired) electrons. The first kappa shape index (κ1) is 14.4. The summed E-state index contributed by atoms with van der Waals surface area (Å²) in [6.07, 6.45) is -2.98. The molecule has 0 saturated carbocycles. The van der Waals surface area contributed by atoms with E-state index in [1.165, 1.54) is 29.7 Å². The lowest BCUT2D eigenvalue weighted by Crippen LogP contribution is -2.07. The van der Waals surface area contributed by atoms with E-state index in [4.69, 9.17) is 23.2 Å². The van der Waals surface area contributed by atoms with Crippen LogP contribution in [0.3, 0.4) is 0 Å². The quantitative estimate of drug-likeness (QED) is 0.850. The average Bonchev–Trinajstić information content (AvgIpc) is 2.72. The summed E-state index contributed by atoms with van der Waals surface area (Å²) in [7, 11) is 0. The summed E-state index contributed by atoms with van der Waals surface area (Å²) < 4.78 is 38.5. The van der Waals surface area contributed by atoms with Crippen LogP contribution in [0.5, 0.6) is 0 Å². The van der Waals surface area contributed by atoms with Gasteiger partial charge in [0.05, 0.1) is 23.3 Å². The number of hydrogen-bond acceptors (Lipinski definition) is 3. The topological polar surface area (TPSA) is 24.9 Å². The Morgan fingerprint density at radius 1 is 1.26 bits per heavy atom. The molecule has 2 aromatic rings. The van der Waals surface area contributed by atoms with Crippen molar-refractivity contribution >= 4 is 40.2 Å². The summed E-state index contributed by atoms with van der Waals surface area (Å²) in [5.74, 6) is 0. The first-order valence-corrected chi connectivity index (χ1v) is 6.64. The molecule has 0 saturated heterocycles. The van der Waals surface area contributed by atoms with Crippen molar-refractivity contribution in [3.63, 3.8) is 0 Å². The van der Waals surface area contributed by atoms with Crippen molar-refractivity contribution < 1.29 is 13.2 Å². The van der Waals surface area contributed by atoms with Gasteiger partial charge in [-0.3, -0.25) is 0 Å². The molecule has 0 aliphatic carbocycles. The Hall–Kier alpha value is -0.980. The van der Waals surface area contributed by atoms with Gasteiger partial charge in [0.25, 0.3) is 0 Å². The van der Waals surface area contributed by atoms with E-state index >= 15 is 0 Å². The standard InChI is InChI=1S/C11H7Cl2F3N2S/c12-8-2-1-6(3-7(8)11(14,15)16)17-5-10-18-4-9(13)19-10/h1-4,17H,5H2. The molecule has 0 amide bonds. The molecular weight excluding hydrogens is 320 g/mol. The Morgan fingerprint density at radius 3 is 2.58 bits per heavy atom. The van der Waals surface area contributed by atoms with Crippen molar-refractivity contribution in [1.82, 2.24) is 4.98 Å². The molecule has 0 unspecified atom stereocenters. The predicted octanol–water partition coefficient (Wildman–Crippen LogP) is 5.08. The maximum atomic E-state index is 12.7. The van der Waals surface area contributed by atoms with Gasteiger partial charge in [0.1, 0.15) is 9.34 Å². The van der Waals surface area contributed by atoms with Gasteiger partial charge < -0.3 is 5.32 Å². The minimum Gasteiger partial charge on any atom is -0.379 e. The van der Waals surface area contributed by atoms with Gasteiger partial charge in [0.15, 0.2) is 0 Å². The molecule has 2 nitrogen and oxygen atoms in total. The molecule has 0 fully saturated rings. The average molecular weight is 327 g/mol. The van der Waals surface area contributed by atoms with Crippen molar-refractivity contribution in [3.8, 4) is 0 Å². The molecule has 1 aromatic heterocycles. The molecule has 2 rings (SSSR count). The van der Waals surface area contributed by atoms with Gasteiger partial charge in [-0.2, -0.15) is 13.2 Å². The highest BCUT2D eigenvalue weighted by Gasteiger charge is 2.33. The van der Waals surface area contributed by atoms with E-state index in [-0.39, 0.29) is 5.02 Å². The van der Waals surface area contributed by atoms with Crippen molar-refractivity contribution in [3.05, 3.63) is 44.3 Å². The fourth-order valence-electron chi connectivity index (χ4n) is 1.40. The minimum atomic E-state index is -4.47. The molecular formula is C11H7Cl2F3N2S. The van der Waals surface area contributed by atoms with Gasteiger partial charge in [-0.25, -0.2) is 4.98 Å². The third kappa shape index (κ3) is 3.75. The number of thiazole rings is 1. The van der Waals surface area contributed by atoms with E-state index in [0.29, 0.717) is 21.6 Å². The Balaban J connectivity index is 2.13. The van der Waals surface area contributed by atoms with Crippen LogP contribution in [0.25, 0.3) is 0 Å². The highest BCUT2D eigenvalue weighted by atomic mass is 35.5. The predicted molar refractivity (Wildman–Crippen MR) is 70.9 cm³/mol. The third-order valence-electron chi connectivity index (χ3n) is 2.24. The molecule has 0 spiro atoms. The lowest BCUT2D eigenvalue weighted by atomic mass is 10.2. The molecule has 0 aliphatic heterocycles. The smallest absolute Gasteiger partial charge is 0.379 e. The fourth-order valence-corrected chi connectivity index (χ4v) is 2.52. The van der Waals surface area contributed by atoms with Crippen molar-refractivity contribution in [2.75, 3.05) is 5.32 Å². The van der Waals surface area contributed by atoms with E-state index in [0.717, 1.165) is 6.07 Å². The van der Waals surface area contributed by atoms with E-state index in [9.17, 15) is 13.2 Å². The summed E-state index contributed by atoms with van der Waals surface area (Å²) in [5, 5.41) is 3.21. The maximum Gasteiger partial charge on any atom is 0.417 e. The van der Waals surface area contributed by atoms with Crippen LogP contribution >= 0.6 is 34.5 Å². The van der Waals surface area contributed by atoms with Gasteiger partial charge in [-0.15, -0.1) is 11.3 Å². The fraction of sp³-hybridized carbons (Fsp3) is 0.182. The summed E-state index contributed by atoms with van der Waals surface area (Å²) in [4.78, 5) is 4.00. The van der Waals surface area contributed by atoms with Crippen LogP contribution in [0, 0.1) is 0 Å². The molecule has 0 bridgehead atoms. The minimum absolute atomic E-state index is 0.302. The van der Waals surface area contributed by atoms with Crippen molar-refractivity contribution in [2.24, 2.45) is 0 Å². The first-order valence-electron chi connectivity index (χ1n) is 5.07. The van der Waals surface area contributed by atoms with Crippen molar-refractivity contribution in [2.45, 2.75) is 12.7 Å². The van der Waals surface area contributed by atoms with Gasteiger partial charge in [-0.05, 0) is 18.2 Å². The number of alkyl halides is 3. The number of nitrogens with zero attached hydrogens (tertiary/aromatic N) is 1. The lowest BCUT2D eigenvalue weighted by Gasteiger charge is -2.11. The van der Waals surface area contributed by atoms with E-state index in [2.05, 4.69) is 10.3 Å². The van der Waals surface area contributed by atoms with E-state index in [1.54, 1.807) is 0 Å². The zero-order valence-electron chi connectivity index (χ0n) is 9.26. The van der Waals surface area contributed by atoms with Crippen LogP contribution < -0.4 is 5.32 Å². The summed E-state index contributed by atoms with van der Waals surface area (Å²) >= 11 is 12.5. The second-order valence-corrected chi connectivity index (χ2v) is 5.76. The van der Waals surface area contributed by atoms with Gasteiger partial charge in [0.2, 0.25) is 0 Å². The Kier molecular flexibility index (Phi) is 4.23. The molecule has 1 N–H and O–H groups in total. The molecule has 0 atom stereocenters. The van der Waals surface area contributed by atoms with Crippen LogP contribution in [-0.4, -0.2) is 4.98 Å². The highest BCUT2D eigenvalue weighted by molar-refractivity contribution is 7.15. The van der Waals surface area contributed by atoms with Crippen molar-refractivity contribution in [1.29, 1.82) is 0 Å². The summed E-state index contributed by atoms with van der Waals surface area (Å²) in [6, 6.07) is 3.66. The van der Waals surface area contributed by atoms with Crippen LogP contribution in [0.4, 0.5) is 18.9 Å². The maximum absolute atomic E-state index is 12.7. The monoisotopic (exact) mass is 326 g/mol. The van der Waals surface area contributed by atoms with E-state index in [1.807, 2.05) is 0 Å². The van der Waals surface area contributed by atoms with Crippen LogP contribution in [-0.2, 0) is 12.7 Å². The second-order valence-electron chi connectivity index (χ2n) is 3.60. The van der Waals surface area contributed by atoms with Gasteiger partial charge >= 0.3 is 6.18 Å². The number of nitrogens with one attached hydrogen (secondary N) is 1. The Morgan fingerprint density at radius 2 is 2.00 bits per heavy atom. The largest absolute Gasteiger partial charge is 0.417 e. The molecule has 8 heteroatoms. The summed E-state index contributed by atoms with van der Waals surface area (Å²) in [6.45, 7) is 0.302. The van der Waals surface area contributed by atoms with Crippen LogP contribution in [0.1, 0.15) is 10.6 Å². The number of halogens is 5. The molecule has 0 aliphatic rings. The van der Waals surface area contributed by atoms with Crippen LogP contribution in [0.2, 0.25) is 9.36 Å². The Bertz CT molecular complexity index is 584. The normalized spacial score (nSPS) is 11.6. The molecule has 1 aromatic carbocycles. The zero-order chi connectivity index (χ0) is 14.0. The van der Waals surface area contributed by atoms with Gasteiger partial charge in [-0.1, -0.05) is 23.2 Å². The number of aromatic nitrogens is 1. The SMILES string of the molecule is FC(F)(F)c1cc(NCc2ncc(Cl)s2)ccc1Cl. The summed E-state index contributed by atoms with van der Waals surface area (Å²) in [5.41, 5.74) is -0.542. The second kappa shape index (κ2) is 5.56. The van der Waals surface area contributed by atoms with E-state index < -0.39 is 11.7 Å². The first-order chi connectivity index (χ1) is 8.86. The zero-order valence-corrected chi connectivity index (χ0v) is 11.6. The van der Waals surface area contributed by atoms with Gasteiger partial charge in [0, 0.05) is 5.69 Å². The highest BCUT2D eigenvalue weighted by Crippen LogP contribution is 2.36. The molecule has 19 heavy (non-hydrogen) atoms. The number of benzene rings is 1. The molecule has 102 valence electrons.